The lowest BCUT2D eigenvalue weighted by Crippen LogP contribution is -2.20. The highest BCUT2D eigenvalue weighted by molar-refractivity contribution is 7.90. The lowest BCUT2D eigenvalue weighted by Gasteiger charge is -2.13. The summed E-state index contributed by atoms with van der Waals surface area (Å²) in [5, 5.41) is 6.16. The number of rotatable bonds is 6. The fourth-order valence-corrected chi connectivity index (χ4v) is 3.08. The fraction of sp³-hybridized carbons (Fsp3) is 0.586. The molecule has 0 bridgehead atoms. The van der Waals surface area contributed by atoms with Crippen LogP contribution in [0.2, 0.25) is 0 Å². The van der Waals surface area contributed by atoms with Gasteiger partial charge >= 0.3 is 0 Å². The zero-order chi connectivity index (χ0) is 25.2. The van der Waals surface area contributed by atoms with Gasteiger partial charge in [0.1, 0.15) is 0 Å². The van der Waals surface area contributed by atoms with Crippen molar-refractivity contribution >= 4 is 17.5 Å². The normalized spacial score (nSPS) is 15.5. The van der Waals surface area contributed by atoms with Crippen molar-refractivity contribution in [2.75, 3.05) is 20.6 Å². The molecule has 2 rings (SSSR count). The maximum atomic E-state index is 4.48. The van der Waals surface area contributed by atoms with Crippen LogP contribution >= 0.6 is 12.6 Å². The molecule has 1 heterocycles. The molecule has 33 heavy (non-hydrogen) atoms. The van der Waals surface area contributed by atoms with Crippen molar-refractivity contribution in [1.29, 1.82) is 0 Å². The predicted octanol–water partition coefficient (Wildman–Crippen LogP) is 8.13. The van der Waals surface area contributed by atoms with Crippen molar-refractivity contribution in [1.82, 2.24) is 15.5 Å². The van der Waals surface area contributed by atoms with Crippen LogP contribution in [0.15, 0.2) is 55.4 Å². The molecular formula is C29H55N3S. The van der Waals surface area contributed by atoms with E-state index in [1.54, 1.807) is 6.20 Å². The highest BCUT2D eigenvalue weighted by Crippen LogP contribution is 2.21. The number of benzene rings is 1. The van der Waals surface area contributed by atoms with Crippen molar-refractivity contribution in [3.8, 4) is 0 Å². The smallest absolute Gasteiger partial charge is 0.0395 e. The lowest BCUT2D eigenvalue weighted by molar-refractivity contribution is 0.331. The first-order valence-corrected chi connectivity index (χ1v) is 12.3. The Morgan fingerprint density at radius 1 is 1.18 bits per heavy atom. The molecule has 1 aliphatic heterocycles. The molecule has 0 spiro atoms. The topological polar surface area (TPSA) is 27.3 Å². The summed E-state index contributed by atoms with van der Waals surface area (Å²) < 4.78 is 0. The standard InChI is InChI=1S/C13H18N2S.C7H14.C6H13N.C2H6.CH4/c1-4-15-9-11-5-7-12(8-6-11)13(16)10(2)14-3;1-5-6-7(2,3)4;1-6-4-3-5-7(6)2;1-2;/h4-8,14-16H,1,9H2,2-3H3;5H,1,6H2,2-4H3;6H,3-5H2,1-2H3;1-2H3;1H4/b13-10-;;;;. The summed E-state index contributed by atoms with van der Waals surface area (Å²) in [5.41, 5.74) is 3.85. The van der Waals surface area contributed by atoms with E-state index in [1.807, 2.05) is 33.9 Å². The fourth-order valence-electron chi connectivity index (χ4n) is 2.82. The Morgan fingerprint density at radius 3 is 2.00 bits per heavy atom. The van der Waals surface area contributed by atoms with Crippen LogP contribution in [-0.2, 0) is 6.54 Å². The molecule has 2 N–H and O–H groups in total. The third-order valence-electron chi connectivity index (χ3n) is 5.05. The molecule has 0 aliphatic carbocycles. The molecule has 1 atom stereocenters. The van der Waals surface area contributed by atoms with Crippen LogP contribution in [0.5, 0.6) is 0 Å². The summed E-state index contributed by atoms with van der Waals surface area (Å²) in [4.78, 5) is 3.38. The number of nitrogens with zero attached hydrogens (tertiary/aromatic N) is 1. The summed E-state index contributed by atoms with van der Waals surface area (Å²) in [5.74, 6) is 0. The van der Waals surface area contributed by atoms with Gasteiger partial charge in [-0.3, -0.25) is 0 Å². The molecule has 0 radical (unpaired) electrons. The van der Waals surface area contributed by atoms with E-state index < -0.39 is 0 Å². The maximum absolute atomic E-state index is 4.48. The van der Waals surface area contributed by atoms with E-state index in [2.05, 4.69) is 100 Å². The van der Waals surface area contributed by atoms with Crippen LogP contribution in [0.3, 0.4) is 0 Å². The Kier molecular flexibility index (Phi) is 22.8. The Bertz CT molecular complexity index is 634. The summed E-state index contributed by atoms with van der Waals surface area (Å²) in [6.07, 6.45) is 7.56. The second-order valence-electron chi connectivity index (χ2n) is 9.03. The minimum atomic E-state index is 0. The summed E-state index contributed by atoms with van der Waals surface area (Å²) >= 11 is 4.48. The maximum Gasteiger partial charge on any atom is 0.0395 e. The van der Waals surface area contributed by atoms with Crippen molar-refractivity contribution in [3.63, 3.8) is 0 Å². The molecule has 3 nitrogen and oxygen atoms in total. The molecule has 1 fully saturated rings. The molecule has 1 aliphatic rings. The molecule has 1 aromatic carbocycles. The molecule has 192 valence electrons. The second-order valence-corrected chi connectivity index (χ2v) is 9.48. The van der Waals surface area contributed by atoms with Crippen LogP contribution in [0.1, 0.15) is 86.3 Å². The van der Waals surface area contributed by atoms with E-state index in [1.165, 1.54) is 24.9 Å². The lowest BCUT2D eigenvalue weighted by atomic mass is 9.93. The van der Waals surface area contributed by atoms with Crippen LogP contribution in [0, 0.1) is 5.41 Å². The minimum absolute atomic E-state index is 0. The summed E-state index contributed by atoms with van der Waals surface area (Å²) in [7, 11) is 4.09. The highest BCUT2D eigenvalue weighted by Gasteiger charge is 2.14. The second kappa shape index (κ2) is 20.9. The van der Waals surface area contributed by atoms with Crippen molar-refractivity contribution in [2.24, 2.45) is 5.41 Å². The first kappa shape index (κ1) is 35.9. The average Bonchev–Trinajstić information content (AvgIpc) is 3.15. The Hall–Kier alpha value is -1.65. The zero-order valence-corrected chi connectivity index (χ0v) is 23.3. The van der Waals surface area contributed by atoms with Gasteiger partial charge in [0.05, 0.1) is 0 Å². The number of hydrogen-bond donors (Lipinski definition) is 3. The van der Waals surface area contributed by atoms with Gasteiger partial charge in [0, 0.05) is 30.2 Å². The number of hydrogen-bond acceptors (Lipinski definition) is 4. The van der Waals surface area contributed by atoms with Crippen molar-refractivity contribution in [2.45, 2.75) is 87.7 Å². The average molecular weight is 478 g/mol. The van der Waals surface area contributed by atoms with E-state index in [4.69, 9.17) is 0 Å². The number of thiol groups is 1. The van der Waals surface area contributed by atoms with Gasteiger partial charge in [0.2, 0.25) is 0 Å². The molecule has 0 saturated carbocycles. The SMILES string of the molecule is C.C=CCC(C)(C)C.C=CNCc1ccc(/C(S)=C(\C)NC)cc1.CC.CC1CCCN1C. The Balaban J connectivity index is -0.000000442. The molecule has 1 aromatic rings. The van der Waals surface area contributed by atoms with Gasteiger partial charge in [-0.25, -0.2) is 0 Å². The largest absolute Gasteiger partial charge is 0.391 e. The number of likely N-dealkylation sites (tertiary alicyclic amines) is 1. The Labute approximate surface area is 213 Å². The van der Waals surface area contributed by atoms with E-state index in [0.717, 1.165) is 35.2 Å². The van der Waals surface area contributed by atoms with Crippen LogP contribution in [0.4, 0.5) is 0 Å². The monoisotopic (exact) mass is 477 g/mol. The van der Waals surface area contributed by atoms with Gasteiger partial charge in [-0.1, -0.05) is 79.0 Å². The number of allylic oxidation sites excluding steroid dienone is 2. The molecule has 1 saturated heterocycles. The first-order chi connectivity index (χ1) is 15.1. The molecular weight excluding hydrogens is 422 g/mol. The minimum Gasteiger partial charge on any atom is -0.391 e. The third-order valence-corrected chi connectivity index (χ3v) is 5.64. The zero-order valence-electron chi connectivity index (χ0n) is 22.4. The van der Waals surface area contributed by atoms with Crippen LogP contribution in [-0.4, -0.2) is 31.6 Å². The quantitative estimate of drug-likeness (QED) is 0.285. The van der Waals surface area contributed by atoms with Gasteiger partial charge in [-0.05, 0) is 69.4 Å². The predicted molar refractivity (Wildman–Crippen MR) is 158 cm³/mol. The highest BCUT2D eigenvalue weighted by atomic mass is 32.1. The van der Waals surface area contributed by atoms with Gasteiger partial charge < -0.3 is 15.5 Å². The van der Waals surface area contributed by atoms with Crippen LogP contribution < -0.4 is 10.6 Å². The summed E-state index contributed by atoms with van der Waals surface area (Å²) in [6, 6.07) is 9.17. The summed E-state index contributed by atoms with van der Waals surface area (Å²) in [6.45, 7) is 24.3. The number of nitrogens with one attached hydrogen (secondary N) is 2. The molecule has 4 heteroatoms. The van der Waals surface area contributed by atoms with E-state index in [0.29, 0.717) is 5.41 Å². The van der Waals surface area contributed by atoms with Gasteiger partial charge in [-0.2, -0.15) is 0 Å². The molecule has 0 amide bonds. The third kappa shape index (κ3) is 18.5. The molecule has 1 unspecified atom stereocenters. The van der Waals surface area contributed by atoms with Gasteiger partial charge in [0.15, 0.2) is 0 Å². The van der Waals surface area contributed by atoms with E-state index in [-0.39, 0.29) is 7.43 Å². The van der Waals surface area contributed by atoms with E-state index in [9.17, 15) is 0 Å². The van der Waals surface area contributed by atoms with Crippen molar-refractivity contribution < 1.29 is 0 Å². The molecule has 0 aromatic heterocycles. The first-order valence-electron chi connectivity index (χ1n) is 11.9. The van der Waals surface area contributed by atoms with Crippen LogP contribution in [0.25, 0.3) is 4.91 Å². The Morgan fingerprint density at radius 2 is 1.73 bits per heavy atom. The van der Waals surface area contributed by atoms with Gasteiger partial charge in [-0.15, -0.1) is 19.2 Å². The van der Waals surface area contributed by atoms with Crippen molar-refractivity contribution in [3.05, 3.63) is 66.5 Å². The van der Waals surface area contributed by atoms with Gasteiger partial charge in [0.25, 0.3) is 0 Å². The van der Waals surface area contributed by atoms with E-state index >= 15 is 0 Å².